The third-order valence-electron chi connectivity index (χ3n) is 28.4. The minimum Gasteiger partial charge on any atom is -0.462 e. The molecule has 0 aliphatic heterocycles. The van der Waals surface area contributed by atoms with Crippen molar-refractivity contribution >= 4 is 35.8 Å². The van der Waals surface area contributed by atoms with E-state index >= 15 is 0 Å². The van der Waals surface area contributed by atoms with Crippen molar-refractivity contribution in [1.29, 1.82) is 0 Å². The molecular formula is C79H134O15. The van der Waals surface area contributed by atoms with Gasteiger partial charge in [0.25, 0.3) is 0 Å². The van der Waals surface area contributed by atoms with Gasteiger partial charge in [0.2, 0.25) is 0 Å². The average Bonchev–Trinajstić information content (AvgIpc) is 1.56. The Morgan fingerprint density at radius 1 is 0.372 bits per heavy atom. The van der Waals surface area contributed by atoms with Crippen LogP contribution in [0.4, 0.5) is 0 Å². The maximum Gasteiger partial charge on any atom is 0.311 e. The fraction of sp³-hybridized carbons (Fsp3) is 0.924. The summed E-state index contributed by atoms with van der Waals surface area (Å²) in [6.45, 7) is 21.1. The number of hydrogen-bond donors (Lipinski definition) is 0. The molecule has 0 radical (unpaired) electrons. The fourth-order valence-corrected chi connectivity index (χ4v) is 24.2. The van der Waals surface area contributed by atoms with Crippen LogP contribution < -0.4 is 0 Å². The lowest BCUT2D eigenvalue weighted by molar-refractivity contribution is -0.192. The molecule has 0 amide bonds. The molecule has 94 heavy (non-hydrogen) atoms. The minimum atomic E-state index is -0.417. The van der Waals surface area contributed by atoms with E-state index in [9.17, 15) is 28.8 Å². The number of carbonyl (C=O) groups is 6. The summed E-state index contributed by atoms with van der Waals surface area (Å²) in [6.07, 6.45) is 22.7. The van der Waals surface area contributed by atoms with Gasteiger partial charge in [-0.15, -0.1) is 0 Å². The van der Waals surface area contributed by atoms with Crippen molar-refractivity contribution in [1.82, 2.24) is 0 Å². The molecule has 25 unspecified atom stereocenters. The van der Waals surface area contributed by atoms with Crippen LogP contribution in [-0.4, -0.2) is 93.8 Å². The first-order valence-electron chi connectivity index (χ1n) is 36.1. The van der Waals surface area contributed by atoms with Crippen LogP contribution in [0.3, 0.4) is 0 Å². The van der Waals surface area contributed by atoms with E-state index in [1.807, 2.05) is 62.3 Å². The van der Waals surface area contributed by atoms with Crippen LogP contribution in [0.2, 0.25) is 0 Å². The molecule has 16 bridgehead atoms. The second-order valence-corrected chi connectivity index (χ2v) is 33.1. The largest absolute Gasteiger partial charge is 0.462 e. The van der Waals surface area contributed by atoms with E-state index in [1.165, 1.54) is 57.8 Å². The van der Waals surface area contributed by atoms with Gasteiger partial charge < -0.3 is 42.6 Å². The molecule has 0 spiro atoms. The number of rotatable bonds is 21. The van der Waals surface area contributed by atoms with Crippen LogP contribution in [0.1, 0.15) is 242 Å². The molecule has 16 rings (SSSR count). The third kappa shape index (κ3) is 14.0. The highest BCUT2D eigenvalue weighted by Crippen LogP contribution is 2.72. The monoisotopic (exact) mass is 1320 g/mol. The van der Waals surface area contributed by atoms with Crippen LogP contribution in [0, 0.1) is 165 Å². The van der Waals surface area contributed by atoms with Gasteiger partial charge in [0.15, 0.2) is 20.4 Å². The third-order valence-corrected chi connectivity index (χ3v) is 28.4. The molecule has 0 saturated heterocycles. The zero-order valence-corrected chi connectivity index (χ0v) is 55.1. The van der Waals surface area contributed by atoms with Crippen molar-refractivity contribution in [2.75, 3.05) is 33.6 Å². The van der Waals surface area contributed by atoms with E-state index in [0.29, 0.717) is 120 Å². The summed E-state index contributed by atoms with van der Waals surface area (Å²) in [5.41, 5.74) is -0.832. The Morgan fingerprint density at radius 3 is 1.02 bits per heavy atom. The standard InChI is InChI=1S/C30H44O5.C22H34O5.C21H32O5.6CH4/c1-4-30(2,3)29(32)35-24-13-18-12-23(24)26-21-10-17(25(18)26)11-22(21)28(31)34-14-33-27-19-6-15-5-16(8-19)9-20(27)7-15;1-5-22(3,4)21(24)27-17-10-13-9-16(17)19-14-7-12(18(13)19)8-15(14)20(23)26-11-25-6-2;1-4-11(3)20(22)26-17-9-13-8-16(17)19-14-6-12(18(13)19)7-15(14)21(23)25-10-24-5-2;;;;;;/h15-27H,4-14H2,1-3H3;12-19H,5-11H2,1-4H3;11-19H,4-10H2,1-3H3;6*1H4. The van der Waals surface area contributed by atoms with Crippen LogP contribution >= 0.6 is 0 Å². The summed E-state index contributed by atoms with van der Waals surface area (Å²) in [7, 11) is 0. The van der Waals surface area contributed by atoms with E-state index in [-0.39, 0.29) is 143 Å². The molecular weight excluding hydrogens is 1190 g/mol. The van der Waals surface area contributed by atoms with E-state index in [4.69, 9.17) is 42.6 Å². The molecule has 16 aliphatic rings. The average molecular weight is 1320 g/mol. The van der Waals surface area contributed by atoms with Gasteiger partial charge in [-0.05, 0) is 300 Å². The Morgan fingerprint density at radius 2 is 0.691 bits per heavy atom. The van der Waals surface area contributed by atoms with Gasteiger partial charge in [0, 0.05) is 13.2 Å². The SMILES string of the molecule is C.C.C.C.C.C.CCC(C)(C)C(=O)OC1CC2CC1C1C3CC(CC3C(=O)OCOC3C4CC5CC(C4)CC3C5)C21.CCOCOC(=O)C1CC2CC1C1C3CC(CC3OC(=O)C(C)(C)CC)C21.CCOCOC(=O)C1CC2CC1C1C3CC(CC3OC(=O)C(C)CC)C21. The van der Waals surface area contributed by atoms with E-state index < -0.39 is 10.8 Å². The summed E-state index contributed by atoms with van der Waals surface area (Å²) in [5, 5.41) is 0. The van der Waals surface area contributed by atoms with Crippen molar-refractivity contribution in [3.8, 4) is 0 Å². The van der Waals surface area contributed by atoms with Gasteiger partial charge in [-0.25, -0.2) is 0 Å². The van der Waals surface area contributed by atoms with Gasteiger partial charge in [0.1, 0.15) is 18.3 Å². The van der Waals surface area contributed by atoms with Crippen LogP contribution in [0.15, 0.2) is 0 Å². The predicted molar refractivity (Wildman–Crippen MR) is 364 cm³/mol. The first-order valence-corrected chi connectivity index (χ1v) is 36.1. The van der Waals surface area contributed by atoms with Crippen molar-refractivity contribution in [3.05, 3.63) is 0 Å². The molecule has 15 nitrogen and oxygen atoms in total. The predicted octanol–water partition coefficient (Wildman–Crippen LogP) is 16.6. The van der Waals surface area contributed by atoms with Crippen molar-refractivity contribution in [3.63, 3.8) is 0 Å². The Labute approximate surface area is 569 Å². The smallest absolute Gasteiger partial charge is 0.311 e. The van der Waals surface area contributed by atoms with Crippen molar-refractivity contribution in [2.45, 2.75) is 267 Å². The molecule has 16 saturated carbocycles. The Hall–Kier alpha value is -3.30. The maximum atomic E-state index is 13.2. The normalized spacial score (nSPS) is 42.8. The lowest BCUT2D eigenvalue weighted by Gasteiger charge is -2.53. The van der Waals surface area contributed by atoms with Gasteiger partial charge in [-0.3, -0.25) is 28.8 Å². The van der Waals surface area contributed by atoms with E-state index in [2.05, 4.69) is 6.92 Å². The number of carbonyl (C=O) groups excluding carboxylic acids is 6. The molecule has 16 fully saturated rings. The second-order valence-electron chi connectivity index (χ2n) is 33.1. The highest BCUT2D eigenvalue weighted by atomic mass is 16.7. The minimum absolute atomic E-state index is 0. The topological polar surface area (TPSA) is 185 Å². The second kappa shape index (κ2) is 31.1. The van der Waals surface area contributed by atoms with Crippen molar-refractivity contribution in [2.24, 2.45) is 165 Å². The van der Waals surface area contributed by atoms with Crippen LogP contribution in [0.25, 0.3) is 0 Å². The van der Waals surface area contributed by atoms with Crippen LogP contribution in [0.5, 0.6) is 0 Å². The van der Waals surface area contributed by atoms with Gasteiger partial charge >= 0.3 is 35.8 Å². The molecule has 16 aliphatic carbocycles. The van der Waals surface area contributed by atoms with Gasteiger partial charge in [-0.2, -0.15) is 0 Å². The Kier molecular flexibility index (Phi) is 25.8. The van der Waals surface area contributed by atoms with E-state index in [1.54, 1.807) is 0 Å². The molecule has 0 N–H and O–H groups in total. The first-order chi connectivity index (χ1) is 42.2. The summed E-state index contributed by atoms with van der Waals surface area (Å²) in [6, 6.07) is 0. The molecule has 0 heterocycles. The quantitative estimate of drug-likeness (QED) is 0.0347. The zero-order chi connectivity index (χ0) is 61.8. The fourth-order valence-electron chi connectivity index (χ4n) is 24.2. The molecule has 25 atom stereocenters. The number of ether oxygens (including phenoxy) is 9. The molecule has 0 aromatic heterocycles. The summed E-state index contributed by atoms with van der Waals surface area (Å²) >= 11 is 0. The lowest BCUT2D eigenvalue weighted by atomic mass is 9.55. The maximum absolute atomic E-state index is 13.2. The molecule has 0 aromatic carbocycles. The lowest BCUT2D eigenvalue weighted by Crippen LogP contribution is -2.49. The zero-order valence-electron chi connectivity index (χ0n) is 55.1. The summed E-state index contributed by atoms with van der Waals surface area (Å²) in [4.78, 5) is 75.9. The van der Waals surface area contributed by atoms with Gasteiger partial charge in [-0.1, -0.05) is 72.3 Å². The van der Waals surface area contributed by atoms with E-state index in [0.717, 1.165) is 100 Å². The number of hydrogen-bond acceptors (Lipinski definition) is 15. The molecule has 15 heteroatoms. The Bertz CT molecular complexity index is 2550. The van der Waals surface area contributed by atoms with Gasteiger partial charge in [0.05, 0.1) is 40.6 Å². The highest BCUT2D eigenvalue weighted by molar-refractivity contribution is 5.77. The first kappa shape index (κ1) is 78.0. The molecule has 0 aromatic rings. The highest BCUT2D eigenvalue weighted by Gasteiger charge is 2.70. The number of esters is 6. The molecule has 540 valence electrons. The Balaban J connectivity index is 0.000000196. The number of fused-ring (bicyclic) bond motifs is 27. The van der Waals surface area contributed by atoms with Crippen molar-refractivity contribution < 1.29 is 71.4 Å². The summed E-state index contributed by atoms with van der Waals surface area (Å²) < 4.78 is 51.2. The van der Waals surface area contributed by atoms with Crippen LogP contribution in [-0.2, 0) is 71.4 Å². The summed E-state index contributed by atoms with van der Waals surface area (Å²) in [5.74, 6) is 13.4.